The summed E-state index contributed by atoms with van der Waals surface area (Å²) in [5, 5.41) is 12.3. The number of aliphatic imine (C=N–C) groups is 1. The van der Waals surface area contributed by atoms with Gasteiger partial charge in [-0.2, -0.15) is 0 Å². The predicted octanol–water partition coefficient (Wildman–Crippen LogP) is 3.31. The molecule has 106 valence electrons. The molecular weight excluding hydrogens is 248 g/mol. The number of benzene rings is 2. The van der Waals surface area contributed by atoms with Crippen LogP contribution >= 0.6 is 0 Å². The number of hydrogen-bond acceptors (Lipinski definition) is 3. The highest BCUT2D eigenvalue weighted by molar-refractivity contribution is 6.11. The molecule has 0 aliphatic carbocycles. The molecule has 0 heterocycles. The van der Waals surface area contributed by atoms with Crippen molar-refractivity contribution in [3.63, 3.8) is 0 Å². The summed E-state index contributed by atoms with van der Waals surface area (Å²) in [6, 6.07) is 11.8. The van der Waals surface area contributed by atoms with Crippen molar-refractivity contribution in [2.75, 3.05) is 27.2 Å². The summed E-state index contributed by atoms with van der Waals surface area (Å²) < 4.78 is 0. The van der Waals surface area contributed by atoms with Crippen LogP contribution in [0.3, 0.4) is 0 Å². The van der Waals surface area contributed by atoms with Gasteiger partial charge in [0.2, 0.25) is 0 Å². The highest BCUT2D eigenvalue weighted by Crippen LogP contribution is 2.27. The van der Waals surface area contributed by atoms with E-state index in [0.717, 1.165) is 41.6 Å². The van der Waals surface area contributed by atoms with Gasteiger partial charge in [0, 0.05) is 17.8 Å². The fraction of sp³-hybridized carbons (Fsp3) is 0.353. The summed E-state index contributed by atoms with van der Waals surface area (Å²) >= 11 is 0. The Bertz CT molecular complexity index is 617. The van der Waals surface area contributed by atoms with E-state index in [1.165, 1.54) is 0 Å². The van der Waals surface area contributed by atoms with Crippen molar-refractivity contribution in [1.82, 2.24) is 4.90 Å². The van der Waals surface area contributed by atoms with Crippen LogP contribution in [-0.4, -0.2) is 42.9 Å². The molecule has 2 aromatic carbocycles. The van der Waals surface area contributed by atoms with Crippen LogP contribution in [0.4, 0.5) is 0 Å². The molecule has 0 aliphatic rings. The summed E-state index contributed by atoms with van der Waals surface area (Å²) in [6.07, 6.45) is 1.02. The maximum atomic E-state index is 10.1. The van der Waals surface area contributed by atoms with Crippen LogP contribution in [0, 0.1) is 0 Å². The van der Waals surface area contributed by atoms with Crippen molar-refractivity contribution in [2.24, 2.45) is 4.99 Å². The quantitative estimate of drug-likeness (QED) is 0.668. The van der Waals surface area contributed by atoms with Crippen LogP contribution in [0.15, 0.2) is 41.4 Å². The molecule has 2 aromatic rings. The van der Waals surface area contributed by atoms with E-state index in [1.54, 1.807) is 6.07 Å². The standard InChI is InChI=1S/C17H22N2O/c1-13(18-11-6-12-19(2)3)17-15-8-5-4-7-14(15)9-10-16(17)20/h4-5,7-10,20H,6,11-12H2,1-3H3. The average Bonchev–Trinajstić information content (AvgIpc) is 2.43. The lowest BCUT2D eigenvalue weighted by Gasteiger charge is -2.10. The number of hydrogen-bond donors (Lipinski definition) is 1. The molecular formula is C17H22N2O. The topological polar surface area (TPSA) is 35.8 Å². The van der Waals surface area contributed by atoms with Crippen LogP contribution < -0.4 is 0 Å². The number of aromatic hydroxyl groups is 1. The maximum absolute atomic E-state index is 10.1. The van der Waals surface area contributed by atoms with Gasteiger partial charge in [0.1, 0.15) is 5.75 Å². The number of phenols is 1. The van der Waals surface area contributed by atoms with Crippen LogP contribution in [0.25, 0.3) is 10.8 Å². The van der Waals surface area contributed by atoms with Gasteiger partial charge in [0.05, 0.1) is 0 Å². The third-order valence-electron chi connectivity index (χ3n) is 3.38. The Hall–Kier alpha value is -1.87. The van der Waals surface area contributed by atoms with E-state index in [1.807, 2.05) is 31.2 Å². The van der Waals surface area contributed by atoms with E-state index in [-0.39, 0.29) is 0 Å². The fourth-order valence-corrected chi connectivity index (χ4v) is 2.35. The summed E-state index contributed by atoms with van der Waals surface area (Å²) in [5.41, 5.74) is 1.76. The summed E-state index contributed by atoms with van der Waals surface area (Å²) in [5.74, 6) is 0.303. The zero-order valence-electron chi connectivity index (χ0n) is 12.4. The molecule has 2 rings (SSSR count). The Labute approximate surface area is 120 Å². The Morgan fingerprint density at radius 2 is 1.90 bits per heavy atom. The average molecular weight is 270 g/mol. The molecule has 0 atom stereocenters. The van der Waals surface area contributed by atoms with E-state index < -0.39 is 0 Å². The first kappa shape index (κ1) is 14.5. The Kier molecular flexibility index (Phi) is 4.74. The first-order chi connectivity index (χ1) is 9.59. The molecule has 0 bridgehead atoms. The van der Waals surface area contributed by atoms with Crippen LogP contribution in [-0.2, 0) is 0 Å². The van der Waals surface area contributed by atoms with E-state index >= 15 is 0 Å². The predicted molar refractivity (Wildman–Crippen MR) is 85.9 cm³/mol. The van der Waals surface area contributed by atoms with E-state index in [9.17, 15) is 5.11 Å². The van der Waals surface area contributed by atoms with Gasteiger partial charge in [-0.1, -0.05) is 30.3 Å². The molecule has 0 saturated carbocycles. The van der Waals surface area contributed by atoms with Gasteiger partial charge in [0.25, 0.3) is 0 Å². The lowest BCUT2D eigenvalue weighted by molar-refractivity contribution is 0.403. The van der Waals surface area contributed by atoms with E-state index in [4.69, 9.17) is 0 Å². The normalized spacial score (nSPS) is 12.3. The lowest BCUT2D eigenvalue weighted by Crippen LogP contribution is -2.14. The fourth-order valence-electron chi connectivity index (χ4n) is 2.35. The number of nitrogens with zero attached hydrogens (tertiary/aromatic N) is 2. The van der Waals surface area contributed by atoms with Crippen molar-refractivity contribution in [2.45, 2.75) is 13.3 Å². The Morgan fingerprint density at radius 3 is 2.65 bits per heavy atom. The highest BCUT2D eigenvalue weighted by Gasteiger charge is 2.09. The van der Waals surface area contributed by atoms with Crippen LogP contribution in [0.2, 0.25) is 0 Å². The molecule has 0 radical (unpaired) electrons. The largest absolute Gasteiger partial charge is 0.507 e. The molecule has 0 saturated heterocycles. The zero-order chi connectivity index (χ0) is 14.5. The second-order valence-corrected chi connectivity index (χ2v) is 5.30. The molecule has 0 fully saturated rings. The second-order valence-electron chi connectivity index (χ2n) is 5.30. The summed E-state index contributed by atoms with van der Waals surface area (Å²) in [4.78, 5) is 6.76. The van der Waals surface area contributed by atoms with Crippen molar-refractivity contribution in [1.29, 1.82) is 0 Å². The highest BCUT2D eigenvalue weighted by atomic mass is 16.3. The van der Waals surface area contributed by atoms with Gasteiger partial charge in [-0.05, 0) is 50.8 Å². The van der Waals surface area contributed by atoms with Gasteiger partial charge >= 0.3 is 0 Å². The van der Waals surface area contributed by atoms with E-state index in [0.29, 0.717) is 5.75 Å². The van der Waals surface area contributed by atoms with Crippen molar-refractivity contribution in [3.8, 4) is 5.75 Å². The summed E-state index contributed by atoms with van der Waals surface area (Å²) in [6.45, 7) is 3.78. The SMILES string of the molecule is CC(=NCCCN(C)C)c1c(O)ccc2ccccc12. The number of fused-ring (bicyclic) bond motifs is 1. The van der Waals surface area contributed by atoms with Gasteiger partial charge in [0.15, 0.2) is 0 Å². The lowest BCUT2D eigenvalue weighted by atomic mass is 10.0. The molecule has 3 nitrogen and oxygen atoms in total. The summed E-state index contributed by atoms with van der Waals surface area (Å²) in [7, 11) is 4.13. The van der Waals surface area contributed by atoms with Crippen LogP contribution in [0.5, 0.6) is 5.75 Å². The smallest absolute Gasteiger partial charge is 0.125 e. The molecule has 0 aliphatic heterocycles. The van der Waals surface area contributed by atoms with Crippen molar-refractivity contribution in [3.05, 3.63) is 42.0 Å². The minimum atomic E-state index is 0.303. The molecule has 0 amide bonds. The monoisotopic (exact) mass is 270 g/mol. The van der Waals surface area contributed by atoms with Crippen LogP contribution in [0.1, 0.15) is 18.9 Å². The molecule has 0 spiro atoms. The molecule has 3 heteroatoms. The van der Waals surface area contributed by atoms with Gasteiger partial charge in [-0.3, -0.25) is 4.99 Å². The minimum absolute atomic E-state index is 0.303. The maximum Gasteiger partial charge on any atom is 0.125 e. The third-order valence-corrected chi connectivity index (χ3v) is 3.38. The van der Waals surface area contributed by atoms with Gasteiger partial charge in [-0.25, -0.2) is 0 Å². The Balaban J connectivity index is 2.27. The van der Waals surface area contributed by atoms with Crippen molar-refractivity contribution >= 4 is 16.5 Å². The van der Waals surface area contributed by atoms with Gasteiger partial charge in [-0.15, -0.1) is 0 Å². The van der Waals surface area contributed by atoms with E-state index in [2.05, 4.69) is 30.1 Å². The second kappa shape index (κ2) is 6.53. The Morgan fingerprint density at radius 1 is 1.15 bits per heavy atom. The molecule has 0 unspecified atom stereocenters. The molecule has 20 heavy (non-hydrogen) atoms. The van der Waals surface area contributed by atoms with Crippen molar-refractivity contribution < 1.29 is 5.11 Å². The first-order valence-electron chi connectivity index (χ1n) is 6.96. The zero-order valence-corrected chi connectivity index (χ0v) is 12.4. The van der Waals surface area contributed by atoms with Gasteiger partial charge < -0.3 is 10.0 Å². The third kappa shape index (κ3) is 3.36. The minimum Gasteiger partial charge on any atom is -0.507 e. The number of phenolic OH excluding ortho intramolecular Hbond substituents is 1. The number of rotatable bonds is 5. The molecule has 1 N–H and O–H groups in total. The first-order valence-corrected chi connectivity index (χ1v) is 6.96. The molecule has 0 aromatic heterocycles.